The molecule has 1 fully saturated rings. The van der Waals surface area contributed by atoms with Gasteiger partial charge in [-0.05, 0) is 38.4 Å². The molecule has 118 valence electrons. The Bertz CT molecular complexity index is 575. The smallest absolute Gasteiger partial charge is 0.267 e. The highest BCUT2D eigenvalue weighted by atomic mass is 16.2. The van der Waals surface area contributed by atoms with E-state index in [0.717, 1.165) is 32.4 Å². The summed E-state index contributed by atoms with van der Waals surface area (Å²) in [6, 6.07) is 3.50. The van der Waals surface area contributed by atoms with Crippen LogP contribution in [0.4, 0.5) is 0 Å². The molecule has 0 aromatic carbocycles. The van der Waals surface area contributed by atoms with Crippen molar-refractivity contribution in [3.8, 4) is 6.07 Å². The zero-order valence-electron chi connectivity index (χ0n) is 12.5. The van der Waals surface area contributed by atoms with Crippen molar-refractivity contribution in [1.82, 2.24) is 15.2 Å². The number of nitrogens with zero attached hydrogens (tertiary/aromatic N) is 2. The second-order valence-corrected chi connectivity index (χ2v) is 5.57. The molecule has 7 nitrogen and oxygen atoms in total. The van der Waals surface area contributed by atoms with Gasteiger partial charge in [-0.1, -0.05) is 0 Å². The van der Waals surface area contributed by atoms with E-state index in [2.05, 4.69) is 15.2 Å². The van der Waals surface area contributed by atoms with Gasteiger partial charge in [-0.15, -0.1) is 0 Å². The fraction of sp³-hybridized carbons (Fsp3) is 0.533. The quantitative estimate of drug-likeness (QED) is 0.651. The van der Waals surface area contributed by atoms with E-state index in [4.69, 9.17) is 11.0 Å². The summed E-state index contributed by atoms with van der Waals surface area (Å²) in [4.78, 5) is 28.0. The molecule has 1 aliphatic heterocycles. The summed E-state index contributed by atoms with van der Waals surface area (Å²) >= 11 is 0. The Labute approximate surface area is 129 Å². The van der Waals surface area contributed by atoms with Gasteiger partial charge >= 0.3 is 0 Å². The van der Waals surface area contributed by atoms with Crippen LogP contribution in [-0.4, -0.2) is 47.9 Å². The highest BCUT2D eigenvalue weighted by molar-refractivity contribution is 5.92. The van der Waals surface area contributed by atoms with Crippen LogP contribution in [0.1, 0.15) is 35.3 Å². The first-order valence-corrected chi connectivity index (χ1v) is 7.48. The van der Waals surface area contributed by atoms with Gasteiger partial charge in [0, 0.05) is 19.3 Å². The maximum absolute atomic E-state index is 11.8. The molecule has 1 saturated heterocycles. The van der Waals surface area contributed by atoms with Gasteiger partial charge in [0.2, 0.25) is 5.91 Å². The van der Waals surface area contributed by atoms with Gasteiger partial charge in [0.05, 0.1) is 11.5 Å². The van der Waals surface area contributed by atoms with Crippen LogP contribution in [0.2, 0.25) is 0 Å². The maximum Gasteiger partial charge on any atom is 0.267 e. The third-order valence-electron chi connectivity index (χ3n) is 3.90. The van der Waals surface area contributed by atoms with E-state index in [-0.39, 0.29) is 17.7 Å². The second-order valence-electron chi connectivity index (χ2n) is 5.57. The Hall–Kier alpha value is -2.33. The fourth-order valence-corrected chi connectivity index (χ4v) is 2.68. The Kier molecular flexibility index (Phi) is 5.55. The first-order valence-electron chi connectivity index (χ1n) is 7.48. The normalized spacial score (nSPS) is 18.6. The van der Waals surface area contributed by atoms with Gasteiger partial charge in [0.1, 0.15) is 11.8 Å². The van der Waals surface area contributed by atoms with Crippen molar-refractivity contribution in [3.63, 3.8) is 0 Å². The first kappa shape index (κ1) is 16.0. The third-order valence-corrected chi connectivity index (χ3v) is 3.90. The highest BCUT2D eigenvalue weighted by Gasteiger charge is 2.23. The monoisotopic (exact) mass is 303 g/mol. The molecule has 7 heteroatoms. The fourth-order valence-electron chi connectivity index (χ4n) is 2.68. The molecular formula is C15H21N5O2. The number of aromatic amines is 1. The van der Waals surface area contributed by atoms with E-state index < -0.39 is 0 Å². The number of nitrogens with one attached hydrogen (secondary N) is 2. The number of piperidine rings is 1. The molecule has 0 unspecified atom stereocenters. The molecule has 1 aromatic heterocycles. The number of hydrogen-bond donors (Lipinski definition) is 3. The molecule has 1 aliphatic rings. The largest absolute Gasteiger partial charge is 0.369 e. The zero-order chi connectivity index (χ0) is 15.9. The predicted molar refractivity (Wildman–Crippen MR) is 80.8 cm³/mol. The third kappa shape index (κ3) is 4.33. The van der Waals surface area contributed by atoms with Gasteiger partial charge in [-0.2, -0.15) is 5.26 Å². The predicted octanol–water partition coefficient (Wildman–Crippen LogP) is 0.204. The van der Waals surface area contributed by atoms with Crippen molar-refractivity contribution in [2.75, 3.05) is 26.2 Å². The number of likely N-dealkylation sites (tertiary alicyclic amines) is 1. The summed E-state index contributed by atoms with van der Waals surface area (Å²) in [5.74, 6) is -0.486. The number of primary amides is 1. The number of hydrogen-bond acceptors (Lipinski definition) is 4. The van der Waals surface area contributed by atoms with Crippen LogP contribution in [0.25, 0.3) is 0 Å². The number of aromatic nitrogens is 1. The van der Waals surface area contributed by atoms with Crippen molar-refractivity contribution in [2.24, 2.45) is 11.7 Å². The van der Waals surface area contributed by atoms with E-state index in [1.807, 2.05) is 6.07 Å². The van der Waals surface area contributed by atoms with E-state index in [9.17, 15) is 9.59 Å². The van der Waals surface area contributed by atoms with E-state index >= 15 is 0 Å². The molecule has 2 rings (SSSR count). The summed E-state index contributed by atoms with van der Waals surface area (Å²) in [6.07, 6.45) is 4.17. The van der Waals surface area contributed by atoms with Gasteiger partial charge in [0.25, 0.3) is 5.91 Å². The number of carbonyl (C=O) groups excluding carboxylic acids is 2. The molecule has 2 heterocycles. The number of carbonyl (C=O) groups is 2. The Morgan fingerprint density at radius 3 is 3.05 bits per heavy atom. The van der Waals surface area contributed by atoms with Crippen LogP contribution in [0.5, 0.6) is 0 Å². The SMILES string of the molecule is N#Cc1c[nH]c(C(=O)NCCCN2CCC[C@@H](C(N)=O)C2)c1. The summed E-state index contributed by atoms with van der Waals surface area (Å²) in [7, 11) is 0. The Balaban J connectivity index is 1.67. The Morgan fingerprint density at radius 1 is 1.55 bits per heavy atom. The van der Waals surface area contributed by atoms with Crippen molar-refractivity contribution in [3.05, 3.63) is 23.5 Å². The molecule has 1 atom stereocenters. The topological polar surface area (TPSA) is 115 Å². The molecule has 22 heavy (non-hydrogen) atoms. The lowest BCUT2D eigenvalue weighted by Crippen LogP contribution is -2.42. The van der Waals surface area contributed by atoms with E-state index in [1.54, 1.807) is 0 Å². The van der Waals surface area contributed by atoms with Crippen LogP contribution >= 0.6 is 0 Å². The van der Waals surface area contributed by atoms with Crippen molar-refractivity contribution in [1.29, 1.82) is 5.26 Å². The zero-order valence-corrected chi connectivity index (χ0v) is 12.5. The summed E-state index contributed by atoms with van der Waals surface area (Å²) in [6.45, 7) is 3.07. The molecule has 1 aromatic rings. The summed E-state index contributed by atoms with van der Waals surface area (Å²) in [5, 5.41) is 11.5. The molecule has 0 spiro atoms. The summed E-state index contributed by atoms with van der Waals surface area (Å²) in [5.41, 5.74) is 6.19. The number of rotatable bonds is 6. The van der Waals surface area contributed by atoms with Crippen LogP contribution < -0.4 is 11.1 Å². The minimum absolute atomic E-state index is 0.0494. The van der Waals surface area contributed by atoms with Crippen LogP contribution in [0, 0.1) is 17.2 Å². The molecule has 0 radical (unpaired) electrons. The molecule has 0 bridgehead atoms. The average molecular weight is 303 g/mol. The minimum Gasteiger partial charge on any atom is -0.369 e. The number of nitriles is 1. The van der Waals surface area contributed by atoms with Crippen molar-refractivity contribution in [2.45, 2.75) is 19.3 Å². The number of amides is 2. The summed E-state index contributed by atoms with van der Waals surface area (Å²) < 4.78 is 0. The molecule has 4 N–H and O–H groups in total. The standard InChI is InChI=1S/C15H21N5O2/c16-8-11-7-13(19-9-11)15(22)18-4-2-6-20-5-1-3-12(10-20)14(17)21/h7,9,12,19H,1-6,10H2,(H2,17,21)(H,18,22)/t12-/m1/s1. The molecule has 0 aliphatic carbocycles. The molecule has 2 amide bonds. The second kappa shape index (κ2) is 7.61. The lowest BCUT2D eigenvalue weighted by atomic mass is 9.97. The van der Waals surface area contributed by atoms with Gasteiger partial charge in [-0.3, -0.25) is 9.59 Å². The molecule has 0 saturated carbocycles. The lowest BCUT2D eigenvalue weighted by Gasteiger charge is -2.31. The van der Waals surface area contributed by atoms with Gasteiger partial charge < -0.3 is 20.9 Å². The average Bonchev–Trinajstić information content (AvgIpc) is 3.01. The molecular weight excluding hydrogens is 282 g/mol. The first-order chi connectivity index (χ1) is 10.6. The Morgan fingerprint density at radius 2 is 2.36 bits per heavy atom. The number of H-pyrrole nitrogens is 1. The van der Waals surface area contributed by atoms with Crippen molar-refractivity contribution >= 4 is 11.8 Å². The highest BCUT2D eigenvalue weighted by Crippen LogP contribution is 2.15. The number of nitrogens with two attached hydrogens (primary N) is 1. The van der Waals surface area contributed by atoms with Crippen LogP contribution in [0.15, 0.2) is 12.3 Å². The van der Waals surface area contributed by atoms with Crippen LogP contribution in [-0.2, 0) is 4.79 Å². The minimum atomic E-state index is -0.224. The van der Waals surface area contributed by atoms with E-state index in [0.29, 0.717) is 24.3 Å². The lowest BCUT2D eigenvalue weighted by molar-refractivity contribution is -0.123. The maximum atomic E-state index is 11.8. The van der Waals surface area contributed by atoms with Crippen LogP contribution in [0.3, 0.4) is 0 Å². The van der Waals surface area contributed by atoms with Crippen molar-refractivity contribution < 1.29 is 9.59 Å². The van der Waals surface area contributed by atoms with Gasteiger partial charge in [0.15, 0.2) is 0 Å². The van der Waals surface area contributed by atoms with Gasteiger partial charge in [-0.25, -0.2) is 0 Å². The van der Waals surface area contributed by atoms with E-state index in [1.165, 1.54) is 12.3 Å².